The normalized spacial score (nSPS) is 10.4. The van der Waals surface area contributed by atoms with E-state index in [1.54, 1.807) is 11.3 Å². The van der Waals surface area contributed by atoms with Crippen LogP contribution in [0.15, 0.2) is 11.4 Å². The van der Waals surface area contributed by atoms with Crippen LogP contribution < -0.4 is 0 Å². The number of hydrogen-bond acceptors (Lipinski definition) is 4. The molecule has 0 saturated carbocycles. The maximum absolute atomic E-state index is 8.61. The van der Waals surface area contributed by atoms with Crippen LogP contribution in [0.3, 0.4) is 0 Å². The highest BCUT2D eigenvalue weighted by Gasteiger charge is 2.02. The first kappa shape index (κ1) is 14.2. The van der Waals surface area contributed by atoms with Gasteiger partial charge in [-0.05, 0) is 20.0 Å². The molecular formula is C13H19NO2S. The van der Waals surface area contributed by atoms with Gasteiger partial charge in [-0.25, -0.2) is 0 Å². The molecule has 1 heterocycles. The average Bonchev–Trinajstić information content (AvgIpc) is 2.74. The lowest BCUT2D eigenvalue weighted by Gasteiger charge is -2.14. The maximum atomic E-state index is 8.61. The van der Waals surface area contributed by atoms with Gasteiger partial charge in [-0.1, -0.05) is 11.8 Å². The lowest BCUT2D eigenvalue weighted by atomic mass is 10.3. The van der Waals surface area contributed by atoms with E-state index < -0.39 is 0 Å². The highest BCUT2D eigenvalue weighted by atomic mass is 32.1. The molecule has 0 aliphatic carbocycles. The van der Waals surface area contributed by atoms with Crippen LogP contribution in [0.5, 0.6) is 0 Å². The molecule has 0 aliphatic heterocycles. The molecule has 0 saturated heterocycles. The van der Waals surface area contributed by atoms with Gasteiger partial charge in [0, 0.05) is 35.5 Å². The largest absolute Gasteiger partial charge is 0.384 e. The second-order valence-electron chi connectivity index (χ2n) is 3.70. The number of aliphatic hydroxyl groups is 1. The third-order valence-corrected chi connectivity index (χ3v) is 3.13. The summed E-state index contributed by atoms with van der Waals surface area (Å²) >= 11 is 1.70. The molecule has 1 aromatic rings. The Morgan fingerprint density at radius 3 is 3.06 bits per heavy atom. The van der Waals surface area contributed by atoms with Crippen molar-refractivity contribution in [2.45, 2.75) is 13.5 Å². The summed E-state index contributed by atoms with van der Waals surface area (Å²) in [6.45, 7) is 5.32. The third-order valence-electron chi connectivity index (χ3n) is 2.21. The van der Waals surface area contributed by atoms with E-state index in [4.69, 9.17) is 9.84 Å². The van der Waals surface area contributed by atoms with Crippen LogP contribution in [0.4, 0.5) is 0 Å². The fourth-order valence-electron chi connectivity index (χ4n) is 1.38. The third kappa shape index (κ3) is 5.85. The monoisotopic (exact) mass is 253 g/mol. The van der Waals surface area contributed by atoms with E-state index in [1.807, 2.05) is 12.3 Å². The fraction of sp³-hybridized carbons (Fsp3) is 0.538. The van der Waals surface area contributed by atoms with Gasteiger partial charge in [-0.15, -0.1) is 11.3 Å². The number of rotatable bonds is 6. The summed E-state index contributed by atoms with van der Waals surface area (Å²) in [5, 5.41) is 10.6. The smallest absolute Gasteiger partial charge is 0.104 e. The van der Waals surface area contributed by atoms with Crippen LogP contribution >= 0.6 is 11.3 Å². The highest BCUT2D eigenvalue weighted by molar-refractivity contribution is 7.10. The molecule has 1 rings (SSSR count). The topological polar surface area (TPSA) is 32.7 Å². The minimum atomic E-state index is -0.0839. The number of ether oxygens (including phenoxy) is 1. The summed E-state index contributed by atoms with van der Waals surface area (Å²) in [6, 6.07) is 2.07. The molecule has 4 heteroatoms. The van der Waals surface area contributed by atoms with Gasteiger partial charge in [0.05, 0.1) is 6.61 Å². The number of nitrogens with zero attached hydrogens (tertiary/aromatic N) is 1. The number of thiophene rings is 1. The number of hydrogen-bond donors (Lipinski definition) is 1. The molecular weight excluding hydrogens is 234 g/mol. The van der Waals surface area contributed by atoms with Crippen molar-refractivity contribution >= 4 is 11.3 Å². The molecule has 1 aromatic heterocycles. The molecule has 0 aliphatic rings. The summed E-state index contributed by atoms with van der Waals surface area (Å²) in [4.78, 5) is 3.51. The Kier molecular flexibility index (Phi) is 6.90. The molecule has 1 N–H and O–H groups in total. The van der Waals surface area contributed by atoms with Gasteiger partial charge in [-0.2, -0.15) is 0 Å². The molecule has 94 valence electrons. The Morgan fingerprint density at radius 2 is 2.35 bits per heavy atom. The Morgan fingerprint density at radius 1 is 1.53 bits per heavy atom. The summed E-state index contributed by atoms with van der Waals surface area (Å²) in [5.41, 5.74) is 0.984. The SMILES string of the molecule is CCOCCN(C)Cc1cc(C#CCO)cs1. The van der Waals surface area contributed by atoms with Crippen molar-refractivity contribution in [3.05, 3.63) is 21.9 Å². The first-order chi connectivity index (χ1) is 8.26. The van der Waals surface area contributed by atoms with Gasteiger partial charge in [0.15, 0.2) is 0 Å². The predicted molar refractivity (Wildman–Crippen MR) is 71.1 cm³/mol. The van der Waals surface area contributed by atoms with Crippen LogP contribution in [-0.2, 0) is 11.3 Å². The summed E-state index contributed by atoms with van der Waals surface area (Å²) in [7, 11) is 2.08. The second kappa shape index (κ2) is 8.26. The maximum Gasteiger partial charge on any atom is 0.104 e. The van der Waals surface area contributed by atoms with Crippen LogP contribution in [0.25, 0.3) is 0 Å². The van der Waals surface area contributed by atoms with E-state index in [0.717, 1.165) is 31.9 Å². The van der Waals surface area contributed by atoms with Gasteiger partial charge in [-0.3, -0.25) is 4.90 Å². The van der Waals surface area contributed by atoms with Gasteiger partial charge >= 0.3 is 0 Å². The fourth-order valence-corrected chi connectivity index (χ4v) is 2.28. The summed E-state index contributed by atoms with van der Waals surface area (Å²) < 4.78 is 5.31. The van der Waals surface area contributed by atoms with Crippen molar-refractivity contribution < 1.29 is 9.84 Å². The number of likely N-dealkylation sites (N-methyl/N-ethyl adjacent to an activating group) is 1. The van der Waals surface area contributed by atoms with Crippen molar-refractivity contribution in [1.29, 1.82) is 0 Å². The van der Waals surface area contributed by atoms with Crippen molar-refractivity contribution in [3.63, 3.8) is 0 Å². The zero-order chi connectivity index (χ0) is 12.5. The number of aliphatic hydroxyl groups excluding tert-OH is 1. The van der Waals surface area contributed by atoms with Crippen molar-refractivity contribution in [1.82, 2.24) is 4.90 Å². The summed E-state index contributed by atoms with van der Waals surface area (Å²) in [6.07, 6.45) is 0. The molecule has 0 radical (unpaired) electrons. The first-order valence-electron chi connectivity index (χ1n) is 5.69. The zero-order valence-electron chi connectivity index (χ0n) is 10.4. The average molecular weight is 253 g/mol. The van der Waals surface area contributed by atoms with Gasteiger partial charge in [0.1, 0.15) is 6.61 Å². The van der Waals surface area contributed by atoms with Crippen molar-refractivity contribution in [2.75, 3.05) is 33.4 Å². The minimum Gasteiger partial charge on any atom is -0.384 e. The zero-order valence-corrected chi connectivity index (χ0v) is 11.2. The Balaban J connectivity index is 2.37. The molecule has 0 atom stereocenters. The van der Waals surface area contributed by atoms with E-state index in [2.05, 4.69) is 29.9 Å². The van der Waals surface area contributed by atoms with E-state index in [0.29, 0.717) is 0 Å². The second-order valence-corrected chi connectivity index (χ2v) is 4.69. The minimum absolute atomic E-state index is 0.0839. The van der Waals surface area contributed by atoms with Crippen molar-refractivity contribution in [3.8, 4) is 11.8 Å². The molecule has 0 unspecified atom stereocenters. The Bertz CT molecular complexity index is 378. The van der Waals surface area contributed by atoms with E-state index in [-0.39, 0.29) is 6.61 Å². The molecule has 0 amide bonds. The van der Waals surface area contributed by atoms with E-state index in [1.165, 1.54) is 4.88 Å². The standard InChI is InChI=1S/C13H19NO2S/c1-3-16-8-6-14(2)10-13-9-12(11-17-13)5-4-7-15/h9,11,15H,3,6-8,10H2,1-2H3. The molecule has 0 bridgehead atoms. The Hall–Kier alpha value is -0.860. The van der Waals surface area contributed by atoms with Crippen LogP contribution in [0.2, 0.25) is 0 Å². The van der Waals surface area contributed by atoms with E-state index >= 15 is 0 Å². The van der Waals surface area contributed by atoms with Crippen molar-refractivity contribution in [2.24, 2.45) is 0 Å². The molecule has 0 spiro atoms. The van der Waals surface area contributed by atoms with Gasteiger partial charge < -0.3 is 9.84 Å². The van der Waals surface area contributed by atoms with Gasteiger partial charge in [0.25, 0.3) is 0 Å². The van der Waals surface area contributed by atoms with Crippen LogP contribution in [0, 0.1) is 11.8 Å². The quantitative estimate of drug-likeness (QED) is 0.617. The van der Waals surface area contributed by atoms with Crippen LogP contribution in [0.1, 0.15) is 17.4 Å². The molecule has 0 fully saturated rings. The molecule has 3 nitrogen and oxygen atoms in total. The Labute approximate surface area is 107 Å². The molecule has 17 heavy (non-hydrogen) atoms. The van der Waals surface area contributed by atoms with E-state index in [9.17, 15) is 0 Å². The van der Waals surface area contributed by atoms with Gasteiger partial charge in [0.2, 0.25) is 0 Å². The predicted octanol–water partition coefficient (Wildman–Crippen LogP) is 1.56. The highest BCUT2D eigenvalue weighted by Crippen LogP contribution is 2.15. The van der Waals surface area contributed by atoms with Crippen LogP contribution in [-0.4, -0.2) is 43.4 Å². The summed E-state index contributed by atoms with van der Waals surface area (Å²) in [5.74, 6) is 5.56. The molecule has 0 aromatic carbocycles. The lowest BCUT2D eigenvalue weighted by molar-refractivity contribution is 0.120. The first-order valence-corrected chi connectivity index (χ1v) is 6.57. The lowest BCUT2D eigenvalue weighted by Crippen LogP contribution is -2.22.